The SMILES string of the molecule is O=C(C[C@H](c1ccccc1)S(=O)(=O)N1CCC(OCc2cccc(F)c2)CC1)NO. The third kappa shape index (κ3) is 5.63. The summed E-state index contributed by atoms with van der Waals surface area (Å²) in [5, 5.41) is 7.78. The highest BCUT2D eigenvalue weighted by atomic mass is 32.2. The second-order valence-electron chi connectivity index (χ2n) is 7.22. The summed E-state index contributed by atoms with van der Waals surface area (Å²) in [6.07, 6.45) is 0.499. The van der Waals surface area contributed by atoms with Gasteiger partial charge in [0.2, 0.25) is 15.9 Å². The molecule has 2 N–H and O–H groups in total. The summed E-state index contributed by atoms with van der Waals surface area (Å²) >= 11 is 0. The van der Waals surface area contributed by atoms with Crippen LogP contribution in [0.15, 0.2) is 54.6 Å². The van der Waals surface area contributed by atoms with Gasteiger partial charge < -0.3 is 4.74 Å². The molecule has 1 fully saturated rings. The summed E-state index contributed by atoms with van der Waals surface area (Å²) < 4.78 is 47.0. The molecule has 0 unspecified atom stereocenters. The fourth-order valence-corrected chi connectivity index (χ4v) is 5.49. The maximum Gasteiger partial charge on any atom is 0.245 e. The van der Waals surface area contributed by atoms with Gasteiger partial charge >= 0.3 is 0 Å². The molecule has 0 bridgehead atoms. The van der Waals surface area contributed by atoms with Gasteiger partial charge in [-0.3, -0.25) is 10.0 Å². The van der Waals surface area contributed by atoms with Crippen LogP contribution in [0.3, 0.4) is 0 Å². The van der Waals surface area contributed by atoms with Crippen molar-refractivity contribution in [3.8, 4) is 0 Å². The van der Waals surface area contributed by atoms with Crippen LogP contribution in [-0.4, -0.2) is 43.0 Å². The first-order chi connectivity index (χ1) is 14.4. The molecule has 1 saturated heterocycles. The van der Waals surface area contributed by atoms with Crippen molar-refractivity contribution in [2.24, 2.45) is 0 Å². The standard InChI is InChI=1S/C21H25FN2O5S/c22-18-8-4-5-16(13-18)15-29-19-9-11-24(12-10-19)30(27,28)20(14-21(25)23-26)17-6-2-1-3-7-17/h1-8,13,19-20,26H,9-12,14-15H2,(H,23,25)/t20-/m1/s1. The van der Waals surface area contributed by atoms with Crippen molar-refractivity contribution in [1.29, 1.82) is 0 Å². The Labute approximate surface area is 175 Å². The zero-order chi connectivity index (χ0) is 21.6. The lowest BCUT2D eigenvalue weighted by atomic mass is 10.1. The van der Waals surface area contributed by atoms with Gasteiger partial charge in [0.05, 0.1) is 19.1 Å². The minimum atomic E-state index is -3.82. The predicted octanol–water partition coefficient (Wildman–Crippen LogP) is 2.77. The molecule has 1 atom stereocenters. The maximum atomic E-state index is 13.3. The Morgan fingerprint density at radius 3 is 2.50 bits per heavy atom. The first-order valence-electron chi connectivity index (χ1n) is 9.73. The van der Waals surface area contributed by atoms with Gasteiger partial charge in [-0.2, -0.15) is 0 Å². The van der Waals surface area contributed by atoms with Gasteiger partial charge in [0.25, 0.3) is 0 Å². The van der Waals surface area contributed by atoms with Crippen LogP contribution >= 0.6 is 0 Å². The highest BCUT2D eigenvalue weighted by Gasteiger charge is 2.37. The number of benzene rings is 2. The van der Waals surface area contributed by atoms with Crippen molar-refractivity contribution >= 4 is 15.9 Å². The third-order valence-corrected chi connectivity index (χ3v) is 7.40. The second-order valence-corrected chi connectivity index (χ2v) is 9.34. The predicted molar refractivity (Wildman–Crippen MR) is 108 cm³/mol. The van der Waals surface area contributed by atoms with Gasteiger partial charge in [-0.15, -0.1) is 0 Å². The lowest BCUT2D eigenvalue weighted by Crippen LogP contribution is -2.43. The summed E-state index contributed by atoms with van der Waals surface area (Å²) in [7, 11) is -3.82. The zero-order valence-electron chi connectivity index (χ0n) is 16.4. The molecule has 30 heavy (non-hydrogen) atoms. The molecule has 0 radical (unpaired) electrons. The van der Waals surface area contributed by atoms with Gasteiger partial charge in [-0.25, -0.2) is 22.6 Å². The van der Waals surface area contributed by atoms with E-state index in [4.69, 9.17) is 9.94 Å². The smallest absolute Gasteiger partial charge is 0.245 e. The van der Waals surface area contributed by atoms with E-state index in [0.717, 1.165) is 5.56 Å². The van der Waals surface area contributed by atoms with Crippen molar-refractivity contribution in [3.63, 3.8) is 0 Å². The van der Waals surface area contributed by atoms with Crippen LogP contribution in [0.4, 0.5) is 4.39 Å². The van der Waals surface area contributed by atoms with Crippen molar-refractivity contribution in [2.45, 2.75) is 37.2 Å². The molecule has 0 aromatic heterocycles. The van der Waals surface area contributed by atoms with Crippen LogP contribution in [0.25, 0.3) is 0 Å². The number of carbonyl (C=O) groups is 1. The first kappa shape index (κ1) is 22.4. The van der Waals surface area contributed by atoms with E-state index in [-0.39, 0.29) is 38.0 Å². The number of carbonyl (C=O) groups excluding carboxylic acids is 1. The molecule has 3 rings (SSSR count). The molecular weight excluding hydrogens is 411 g/mol. The molecule has 1 aliphatic rings. The molecule has 0 spiro atoms. The summed E-state index contributed by atoms with van der Waals surface area (Å²) in [6.45, 7) is 0.791. The molecule has 0 saturated carbocycles. The van der Waals surface area contributed by atoms with Crippen LogP contribution in [0.2, 0.25) is 0 Å². The van der Waals surface area contributed by atoms with E-state index in [2.05, 4.69) is 0 Å². The monoisotopic (exact) mass is 436 g/mol. The van der Waals surface area contributed by atoms with E-state index in [9.17, 15) is 17.6 Å². The van der Waals surface area contributed by atoms with Gasteiger partial charge in [-0.05, 0) is 36.1 Å². The Bertz CT molecular complexity index is 947. The van der Waals surface area contributed by atoms with Crippen molar-refractivity contribution < 1.29 is 27.5 Å². The maximum absolute atomic E-state index is 13.3. The quantitative estimate of drug-likeness (QED) is 0.490. The van der Waals surface area contributed by atoms with Crippen molar-refractivity contribution in [3.05, 3.63) is 71.5 Å². The molecular formula is C21H25FN2O5S. The van der Waals surface area contributed by atoms with Crippen molar-refractivity contribution in [1.82, 2.24) is 9.79 Å². The minimum absolute atomic E-state index is 0.129. The molecule has 1 aliphatic heterocycles. The number of nitrogens with zero attached hydrogens (tertiary/aromatic N) is 1. The van der Waals surface area contributed by atoms with Gasteiger partial charge in [-0.1, -0.05) is 42.5 Å². The van der Waals surface area contributed by atoms with E-state index in [1.165, 1.54) is 21.9 Å². The van der Waals surface area contributed by atoms with E-state index in [1.54, 1.807) is 42.5 Å². The number of piperidine rings is 1. The average Bonchev–Trinajstić information content (AvgIpc) is 2.76. The summed E-state index contributed by atoms with van der Waals surface area (Å²) in [4.78, 5) is 11.7. The molecule has 1 heterocycles. The Hall–Kier alpha value is -2.33. The van der Waals surface area contributed by atoms with Crippen LogP contribution in [0, 0.1) is 5.82 Å². The van der Waals surface area contributed by atoms with Crippen molar-refractivity contribution in [2.75, 3.05) is 13.1 Å². The highest BCUT2D eigenvalue weighted by molar-refractivity contribution is 7.89. The number of hydroxylamine groups is 1. The first-order valence-corrected chi connectivity index (χ1v) is 11.2. The third-order valence-electron chi connectivity index (χ3n) is 5.16. The molecule has 2 aromatic rings. The normalized spacial score (nSPS) is 16.9. The van der Waals surface area contributed by atoms with E-state index in [1.807, 2.05) is 0 Å². The lowest BCUT2D eigenvalue weighted by Gasteiger charge is -2.33. The molecule has 2 aromatic carbocycles. The van der Waals surface area contributed by atoms with E-state index < -0.39 is 21.2 Å². The number of hydrogen-bond acceptors (Lipinski definition) is 5. The number of hydrogen-bond donors (Lipinski definition) is 2. The van der Waals surface area contributed by atoms with Crippen LogP contribution < -0.4 is 5.48 Å². The topological polar surface area (TPSA) is 95.9 Å². The number of nitrogens with one attached hydrogen (secondary N) is 1. The largest absolute Gasteiger partial charge is 0.373 e. The fraction of sp³-hybridized carbons (Fsp3) is 0.381. The van der Waals surface area contributed by atoms with Gasteiger partial charge in [0, 0.05) is 13.1 Å². The summed E-state index contributed by atoms with van der Waals surface area (Å²) in [5.41, 5.74) is 2.73. The van der Waals surface area contributed by atoms with E-state index in [0.29, 0.717) is 18.4 Å². The second kappa shape index (κ2) is 10.1. The number of halogens is 1. The van der Waals surface area contributed by atoms with Gasteiger partial charge in [0.1, 0.15) is 11.1 Å². The Morgan fingerprint density at radius 2 is 1.87 bits per heavy atom. The molecule has 0 aliphatic carbocycles. The molecule has 162 valence electrons. The zero-order valence-corrected chi connectivity index (χ0v) is 17.2. The van der Waals surface area contributed by atoms with Crippen LogP contribution in [-0.2, 0) is 26.2 Å². The highest BCUT2D eigenvalue weighted by Crippen LogP contribution is 2.31. The number of sulfonamides is 1. The van der Waals surface area contributed by atoms with E-state index >= 15 is 0 Å². The van der Waals surface area contributed by atoms with Crippen LogP contribution in [0.1, 0.15) is 35.6 Å². The minimum Gasteiger partial charge on any atom is -0.373 e. The average molecular weight is 437 g/mol. The Balaban J connectivity index is 1.63. The molecule has 9 heteroatoms. The Morgan fingerprint density at radius 1 is 1.17 bits per heavy atom. The summed E-state index contributed by atoms with van der Waals surface area (Å²) in [6, 6.07) is 14.7. The lowest BCUT2D eigenvalue weighted by molar-refractivity contribution is -0.129. The number of rotatable bonds is 8. The fourth-order valence-electron chi connectivity index (χ4n) is 3.55. The Kier molecular flexibility index (Phi) is 7.54. The van der Waals surface area contributed by atoms with Crippen LogP contribution in [0.5, 0.6) is 0 Å². The summed E-state index contributed by atoms with van der Waals surface area (Å²) in [5.74, 6) is -1.09. The molecule has 1 amide bonds. The number of ether oxygens (including phenoxy) is 1. The number of amides is 1. The molecule has 7 nitrogen and oxygen atoms in total. The van der Waals surface area contributed by atoms with Gasteiger partial charge in [0.15, 0.2) is 0 Å².